The Labute approximate surface area is 123 Å². The molecule has 0 amide bonds. The van der Waals surface area contributed by atoms with E-state index in [4.69, 9.17) is 5.73 Å². The van der Waals surface area contributed by atoms with Crippen molar-refractivity contribution in [3.8, 4) is 0 Å². The Hall–Kier alpha value is -0.0800. The van der Waals surface area contributed by atoms with Gasteiger partial charge in [-0.2, -0.15) is 16.1 Å². The molecule has 4 nitrogen and oxygen atoms in total. The van der Waals surface area contributed by atoms with Crippen molar-refractivity contribution in [2.45, 2.75) is 37.0 Å². The molecule has 1 aromatic rings. The van der Waals surface area contributed by atoms with Crippen molar-refractivity contribution in [3.63, 3.8) is 0 Å². The second kappa shape index (κ2) is 6.13. The van der Waals surface area contributed by atoms with Crippen molar-refractivity contribution in [1.82, 2.24) is 4.31 Å². The first kappa shape index (κ1) is 15.3. The summed E-state index contributed by atoms with van der Waals surface area (Å²) in [6.07, 6.45) is 1.00. The molecule has 2 heterocycles. The summed E-state index contributed by atoms with van der Waals surface area (Å²) in [5.74, 6) is 0.874. The van der Waals surface area contributed by atoms with Gasteiger partial charge >= 0.3 is 0 Å². The van der Waals surface area contributed by atoms with Crippen LogP contribution in [0.4, 0.5) is 0 Å². The standard InChI is InChI=1S/C12H20N2O2S3/c1-3-10-7-14(4-5-17-10)19(15,16)12-9(2)8-18-11(12)6-13/h8,10H,3-7,13H2,1-2H3. The van der Waals surface area contributed by atoms with E-state index in [1.165, 1.54) is 11.3 Å². The maximum atomic E-state index is 12.8. The molecule has 1 unspecified atom stereocenters. The summed E-state index contributed by atoms with van der Waals surface area (Å²) in [6, 6.07) is 0. The van der Waals surface area contributed by atoms with E-state index < -0.39 is 10.0 Å². The van der Waals surface area contributed by atoms with Gasteiger partial charge in [0.25, 0.3) is 0 Å². The highest BCUT2D eigenvalue weighted by molar-refractivity contribution is 8.00. The molecule has 1 fully saturated rings. The predicted molar refractivity (Wildman–Crippen MR) is 82.2 cm³/mol. The zero-order valence-corrected chi connectivity index (χ0v) is 13.7. The van der Waals surface area contributed by atoms with E-state index >= 15 is 0 Å². The van der Waals surface area contributed by atoms with Gasteiger partial charge in [0.05, 0.1) is 0 Å². The summed E-state index contributed by atoms with van der Waals surface area (Å²) in [5.41, 5.74) is 6.48. The molecule has 108 valence electrons. The van der Waals surface area contributed by atoms with E-state index in [1.807, 2.05) is 24.1 Å². The van der Waals surface area contributed by atoms with Gasteiger partial charge in [-0.25, -0.2) is 8.42 Å². The number of nitrogens with zero attached hydrogens (tertiary/aromatic N) is 1. The fourth-order valence-corrected chi connectivity index (χ4v) is 6.79. The minimum absolute atomic E-state index is 0.285. The van der Waals surface area contributed by atoms with Crippen molar-refractivity contribution >= 4 is 33.1 Å². The Morgan fingerprint density at radius 1 is 1.53 bits per heavy atom. The number of nitrogens with two attached hydrogens (primary N) is 1. The van der Waals surface area contributed by atoms with Crippen molar-refractivity contribution in [3.05, 3.63) is 15.8 Å². The third-order valence-corrected chi connectivity index (χ3v) is 8.05. The molecule has 0 radical (unpaired) electrons. The van der Waals surface area contributed by atoms with E-state index in [9.17, 15) is 8.42 Å². The Kier molecular flexibility index (Phi) is 4.94. The first-order valence-electron chi connectivity index (χ1n) is 6.39. The van der Waals surface area contributed by atoms with Crippen LogP contribution in [0.5, 0.6) is 0 Å². The lowest BCUT2D eigenvalue weighted by Crippen LogP contribution is -2.42. The molecule has 0 saturated carbocycles. The first-order chi connectivity index (χ1) is 9.00. The third kappa shape index (κ3) is 3.00. The highest BCUT2D eigenvalue weighted by Gasteiger charge is 2.33. The Balaban J connectivity index is 2.34. The van der Waals surface area contributed by atoms with Crippen LogP contribution < -0.4 is 5.73 Å². The number of thiophene rings is 1. The lowest BCUT2D eigenvalue weighted by molar-refractivity contribution is 0.415. The molecule has 0 bridgehead atoms. The monoisotopic (exact) mass is 320 g/mol. The van der Waals surface area contributed by atoms with Gasteiger partial charge in [0.2, 0.25) is 10.0 Å². The maximum Gasteiger partial charge on any atom is 0.244 e. The topological polar surface area (TPSA) is 63.4 Å². The molecular weight excluding hydrogens is 300 g/mol. The minimum atomic E-state index is -3.38. The van der Waals surface area contributed by atoms with E-state index in [-0.39, 0.29) is 6.54 Å². The average Bonchev–Trinajstić information content (AvgIpc) is 2.80. The van der Waals surface area contributed by atoms with Gasteiger partial charge in [-0.1, -0.05) is 6.92 Å². The highest BCUT2D eigenvalue weighted by atomic mass is 32.2. The zero-order valence-electron chi connectivity index (χ0n) is 11.3. The van der Waals surface area contributed by atoms with Crippen molar-refractivity contribution in [2.75, 3.05) is 18.8 Å². The van der Waals surface area contributed by atoms with Crippen molar-refractivity contribution < 1.29 is 8.42 Å². The van der Waals surface area contributed by atoms with Crippen LogP contribution in [0.1, 0.15) is 23.8 Å². The summed E-state index contributed by atoms with van der Waals surface area (Å²) in [6.45, 7) is 5.45. The molecule has 1 aliphatic heterocycles. The second-order valence-electron chi connectivity index (χ2n) is 4.64. The number of thioether (sulfide) groups is 1. The van der Waals surface area contributed by atoms with Crippen LogP contribution in [0.3, 0.4) is 0 Å². The molecule has 2 rings (SSSR count). The molecule has 19 heavy (non-hydrogen) atoms. The maximum absolute atomic E-state index is 12.8. The van der Waals surface area contributed by atoms with Gasteiger partial charge in [0.1, 0.15) is 4.90 Å². The number of hydrogen-bond acceptors (Lipinski definition) is 5. The summed E-state index contributed by atoms with van der Waals surface area (Å²) in [7, 11) is -3.38. The van der Waals surface area contributed by atoms with E-state index in [0.717, 1.165) is 22.6 Å². The Morgan fingerprint density at radius 3 is 2.89 bits per heavy atom. The summed E-state index contributed by atoms with van der Waals surface area (Å²) < 4.78 is 27.2. The molecular formula is C12H20N2O2S3. The molecule has 1 aliphatic rings. The zero-order chi connectivity index (χ0) is 14.0. The lowest BCUT2D eigenvalue weighted by Gasteiger charge is -2.31. The third-order valence-electron chi connectivity index (χ3n) is 3.33. The normalized spacial score (nSPS) is 21.7. The molecule has 0 spiro atoms. The van der Waals surface area contributed by atoms with E-state index in [2.05, 4.69) is 6.92 Å². The minimum Gasteiger partial charge on any atom is -0.326 e. The quantitative estimate of drug-likeness (QED) is 0.922. The largest absolute Gasteiger partial charge is 0.326 e. The van der Waals surface area contributed by atoms with E-state index in [1.54, 1.807) is 4.31 Å². The number of sulfonamides is 1. The van der Waals surface area contributed by atoms with Gasteiger partial charge in [-0.3, -0.25) is 0 Å². The smallest absolute Gasteiger partial charge is 0.244 e. The van der Waals surface area contributed by atoms with Crippen LogP contribution in [0.2, 0.25) is 0 Å². The van der Waals surface area contributed by atoms with Crippen LogP contribution in [0, 0.1) is 6.92 Å². The summed E-state index contributed by atoms with van der Waals surface area (Å²) >= 11 is 3.30. The fourth-order valence-electron chi connectivity index (χ4n) is 2.26. The van der Waals surface area contributed by atoms with Crippen LogP contribution >= 0.6 is 23.1 Å². The first-order valence-corrected chi connectivity index (χ1v) is 9.76. The summed E-state index contributed by atoms with van der Waals surface area (Å²) in [5, 5.41) is 2.29. The van der Waals surface area contributed by atoms with Crippen LogP contribution in [0.15, 0.2) is 10.3 Å². The Bertz CT molecular complexity index is 539. The molecule has 0 aliphatic carbocycles. The van der Waals surface area contributed by atoms with Gasteiger partial charge in [0, 0.05) is 35.5 Å². The lowest BCUT2D eigenvalue weighted by atomic mass is 10.3. The number of aryl methyl sites for hydroxylation is 1. The highest BCUT2D eigenvalue weighted by Crippen LogP contribution is 2.32. The molecule has 1 atom stereocenters. The molecule has 1 aromatic heterocycles. The fraction of sp³-hybridized carbons (Fsp3) is 0.667. The van der Waals surface area contributed by atoms with Crippen LogP contribution in [-0.4, -0.2) is 36.8 Å². The van der Waals surface area contributed by atoms with Gasteiger partial charge in [0.15, 0.2) is 0 Å². The van der Waals surface area contributed by atoms with Gasteiger partial charge in [-0.15, -0.1) is 11.3 Å². The number of rotatable bonds is 4. The molecule has 2 N–H and O–H groups in total. The predicted octanol–water partition coefficient (Wildman–Crippen LogP) is 2.03. The molecule has 7 heteroatoms. The average molecular weight is 321 g/mol. The Morgan fingerprint density at radius 2 is 2.26 bits per heavy atom. The van der Waals surface area contributed by atoms with Gasteiger partial charge < -0.3 is 5.73 Å². The SMILES string of the molecule is CCC1CN(S(=O)(=O)c2c(C)csc2CN)CCS1. The van der Waals surface area contributed by atoms with E-state index in [0.29, 0.717) is 23.2 Å². The molecule has 1 saturated heterocycles. The van der Waals surface area contributed by atoms with Crippen LogP contribution in [0.25, 0.3) is 0 Å². The number of hydrogen-bond donors (Lipinski definition) is 1. The van der Waals surface area contributed by atoms with Crippen LogP contribution in [-0.2, 0) is 16.6 Å². The molecule has 0 aromatic carbocycles. The second-order valence-corrected chi connectivity index (χ2v) is 8.89. The van der Waals surface area contributed by atoms with Gasteiger partial charge in [-0.05, 0) is 24.3 Å². The van der Waals surface area contributed by atoms with Crippen molar-refractivity contribution in [2.24, 2.45) is 5.73 Å². The van der Waals surface area contributed by atoms with Crippen molar-refractivity contribution in [1.29, 1.82) is 0 Å². The summed E-state index contributed by atoms with van der Waals surface area (Å²) in [4.78, 5) is 1.21.